The molecule has 33 heavy (non-hydrogen) atoms. The zero-order chi connectivity index (χ0) is 25.3. The fourth-order valence-electron chi connectivity index (χ4n) is 4.37. The molecule has 9 heteroatoms. The molecule has 3 N–H and O–H groups in total. The van der Waals surface area contributed by atoms with Gasteiger partial charge in [-0.05, 0) is 33.3 Å². The summed E-state index contributed by atoms with van der Waals surface area (Å²) >= 11 is 0. The van der Waals surface area contributed by atoms with Crippen LogP contribution in [-0.4, -0.2) is 69.3 Å². The van der Waals surface area contributed by atoms with Crippen LogP contribution in [0.5, 0.6) is 0 Å². The van der Waals surface area contributed by atoms with Crippen molar-refractivity contribution in [1.29, 1.82) is 0 Å². The molecule has 1 fully saturated rings. The number of aliphatic carboxylic acids is 1. The molecule has 0 aromatic rings. The zero-order valence-electron chi connectivity index (χ0n) is 20.5. The minimum Gasteiger partial charge on any atom is -0.481 e. The number of hydrogen-bond acceptors (Lipinski definition) is 8. The molecule has 1 aliphatic heterocycles. The summed E-state index contributed by atoms with van der Waals surface area (Å²) in [6.45, 7) is 9.42. The lowest BCUT2D eigenvalue weighted by molar-refractivity contribution is -0.279. The van der Waals surface area contributed by atoms with Gasteiger partial charge in [-0.15, -0.1) is 0 Å². The Labute approximate surface area is 196 Å². The Morgan fingerprint density at radius 3 is 2.36 bits per heavy atom. The molecular weight excluding hydrogens is 432 g/mol. The van der Waals surface area contributed by atoms with Crippen molar-refractivity contribution < 1.29 is 43.9 Å². The van der Waals surface area contributed by atoms with E-state index in [0.29, 0.717) is 6.42 Å². The van der Waals surface area contributed by atoms with E-state index in [0.717, 1.165) is 38.7 Å². The van der Waals surface area contributed by atoms with Crippen molar-refractivity contribution in [1.82, 2.24) is 0 Å². The second-order valence-electron chi connectivity index (χ2n) is 9.15. The number of carboxylic acid groups (broad SMARTS) is 1. The molecule has 0 aliphatic carbocycles. The molecular formula is C24H40O9. The molecule has 1 aliphatic rings. The molecule has 9 nitrogen and oxygen atoms in total. The van der Waals surface area contributed by atoms with Gasteiger partial charge in [0.2, 0.25) is 0 Å². The molecule has 0 saturated carbocycles. The number of rotatable bonds is 12. The quantitative estimate of drug-likeness (QED) is 0.222. The van der Waals surface area contributed by atoms with Crippen molar-refractivity contribution in [2.45, 2.75) is 110 Å². The first-order valence-electron chi connectivity index (χ1n) is 11.7. The maximum atomic E-state index is 12.3. The van der Waals surface area contributed by atoms with Crippen molar-refractivity contribution in [2.75, 3.05) is 0 Å². The normalized spacial score (nSPS) is 30.4. The third kappa shape index (κ3) is 8.08. The largest absolute Gasteiger partial charge is 0.481 e. The van der Waals surface area contributed by atoms with E-state index in [1.54, 1.807) is 13.8 Å². The lowest BCUT2D eigenvalue weighted by atomic mass is 9.74. The standard InChI is InChI=1S/C24H40O9/c1-7-8-9-10-11-18(26)12-13-19(27)32-20-14(2)21(28)24(6,33-16(20)4)22(31-17(5)25)15(3)23(29)30/h12-16,18,20-22,26,28H,7-11H2,1-6H3,(H,29,30)/b13-12+/t14-,15-,16+,18+,20-,21+,22+,24+/m1/s1. The predicted molar refractivity (Wildman–Crippen MR) is 120 cm³/mol. The molecule has 0 amide bonds. The summed E-state index contributed by atoms with van der Waals surface area (Å²) in [4.78, 5) is 35.5. The van der Waals surface area contributed by atoms with E-state index in [4.69, 9.17) is 14.2 Å². The van der Waals surface area contributed by atoms with Crippen molar-refractivity contribution >= 4 is 17.9 Å². The minimum atomic E-state index is -1.53. The van der Waals surface area contributed by atoms with Crippen LogP contribution in [0.15, 0.2) is 12.2 Å². The van der Waals surface area contributed by atoms with E-state index in [9.17, 15) is 29.7 Å². The van der Waals surface area contributed by atoms with Gasteiger partial charge in [0.25, 0.3) is 0 Å². The first-order chi connectivity index (χ1) is 15.3. The van der Waals surface area contributed by atoms with Gasteiger partial charge in [0.15, 0.2) is 0 Å². The first kappa shape index (κ1) is 29.1. The summed E-state index contributed by atoms with van der Waals surface area (Å²) in [6, 6.07) is 0. The summed E-state index contributed by atoms with van der Waals surface area (Å²) in [7, 11) is 0. The van der Waals surface area contributed by atoms with Gasteiger partial charge in [-0.2, -0.15) is 0 Å². The van der Waals surface area contributed by atoms with Gasteiger partial charge in [-0.25, -0.2) is 4.79 Å². The minimum absolute atomic E-state index is 0.555. The Balaban J connectivity index is 2.88. The Bertz CT molecular complexity index is 691. The molecule has 0 aromatic carbocycles. The summed E-state index contributed by atoms with van der Waals surface area (Å²) in [5, 5.41) is 30.5. The lowest BCUT2D eigenvalue weighted by Crippen LogP contribution is -2.66. The first-order valence-corrected chi connectivity index (χ1v) is 11.7. The van der Waals surface area contributed by atoms with Gasteiger partial charge < -0.3 is 29.5 Å². The van der Waals surface area contributed by atoms with Crippen molar-refractivity contribution in [2.24, 2.45) is 11.8 Å². The molecule has 0 bridgehead atoms. The molecule has 1 saturated heterocycles. The smallest absolute Gasteiger partial charge is 0.330 e. The van der Waals surface area contributed by atoms with Crippen LogP contribution in [-0.2, 0) is 28.6 Å². The SMILES string of the molecule is CCCCCC[C@H](O)/C=C/C(=O)O[C@@H]1[C@@H](C)[C@H](O)[C@@](C)([C@@H](OC(C)=O)[C@@H](C)C(=O)O)O[C@H]1C. The van der Waals surface area contributed by atoms with Crippen molar-refractivity contribution in [3.8, 4) is 0 Å². The van der Waals surface area contributed by atoms with Crippen LogP contribution in [0.4, 0.5) is 0 Å². The molecule has 0 aromatic heterocycles. The number of hydrogen-bond donors (Lipinski definition) is 3. The lowest BCUT2D eigenvalue weighted by Gasteiger charge is -2.51. The highest BCUT2D eigenvalue weighted by Crippen LogP contribution is 2.40. The van der Waals surface area contributed by atoms with Gasteiger partial charge >= 0.3 is 17.9 Å². The van der Waals surface area contributed by atoms with Crippen LogP contribution in [0.25, 0.3) is 0 Å². The summed E-state index contributed by atoms with van der Waals surface area (Å²) < 4.78 is 16.7. The molecule has 0 radical (unpaired) electrons. The van der Waals surface area contributed by atoms with Crippen LogP contribution in [0.3, 0.4) is 0 Å². The Morgan fingerprint density at radius 1 is 1.18 bits per heavy atom. The van der Waals surface area contributed by atoms with Gasteiger partial charge in [0.05, 0.1) is 24.2 Å². The van der Waals surface area contributed by atoms with Gasteiger partial charge in [-0.1, -0.05) is 39.5 Å². The molecule has 1 rings (SSSR count). The Morgan fingerprint density at radius 2 is 1.82 bits per heavy atom. The molecule has 8 atom stereocenters. The molecule has 190 valence electrons. The van der Waals surface area contributed by atoms with Crippen LogP contribution in [0.1, 0.15) is 73.6 Å². The number of carbonyl (C=O) groups is 3. The number of carbonyl (C=O) groups excluding carboxylic acids is 2. The maximum Gasteiger partial charge on any atom is 0.330 e. The number of aliphatic hydroxyl groups is 2. The van der Waals surface area contributed by atoms with Gasteiger partial charge in [0.1, 0.15) is 17.8 Å². The van der Waals surface area contributed by atoms with E-state index in [1.807, 2.05) is 0 Å². The van der Waals surface area contributed by atoms with E-state index >= 15 is 0 Å². The highest BCUT2D eigenvalue weighted by molar-refractivity contribution is 5.82. The summed E-state index contributed by atoms with van der Waals surface area (Å²) in [5.74, 6) is -4.37. The third-order valence-corrected chi connectivity index (χ3v) is 6.27. The van der Waals surface area contributed by atoms with E-state index < -0.39 is 65.9 Å². The van der Waals surface area contributed by atoms with E-state index in [-0.39, 0.29) is 0 Å². The number of carboxylic acids is 1. The van der Waals surface area contributed by atoms with E-state index in [1.165, 1.54) is 19.9 Å². The monoisotopic (exact) mass is 472 g/mol. The predicted octanol–water partition coefficient (Wildman–Crippen LogP) is 2.61. The Hall–Kier alpha value is -1.97. The van der Waals surface area contributed by atoms with Crippen LogP contribution >= 0.6 is 0 Å². The van der Waals surface area contributed by atoms with Crippen LogP contribution in [0.2, 0.25) is 0 Å². The topological polar surface area (TPSA) is 140 Å². The number of aliphatic hydroxyl groups excluding tert-OH is 2. The number of ether oxygens (including phenoxy) is 3. The van der Waals surface area contributed by atoms with Crippen LogP contribution in [0, 0.1) is 11.8 Å². The highest BCUT2D eigenvalue weighted by Gasteiger charge is 2.57. The average molecular weight is 473 g/mol. The van der Waals surface area contributed by atoms with E-state index in [2.05, 4.69) is 6.92 Å². The van der Waals surface area contributed by atoms with Crippen molar-refractivity contribution in [3.63, 3.8) is 0 Å². The molecule has 1 heterocycles. The third-order valence-electron chi connectivity index (χ3n) is 6.27. The average Bonchev–Trinajstić information content (AvgIpc) is 2.74. The summed E-state index contributed by atoms with van der Waals surface area (Å²) in [5.41, 5.74) is -1.53. The number of esters is 2. The second-order valence-corrected chi connectivity index (χ2v) is 9.15. The molecule has 0 unspecified atom stereocenters. The second kappa shape index (κ2) is 13.1. The fraction of sp³-hybridized carbons (Fsp3) is 0.792. The van der Waals surface area contributed by atoms with Crippen LogP contribution < -0.4 is 0 Å². The fourth-order valence-corrected chi connectivity index (χ4v) is 4.37. The maximum absolute atomic E-state index is 12.3. The molecule has 0 spiro atoms. The highest BCUT2D eigenvalue weighted by atomic mass is 16.6. The van der Waals surface area contributed by atoms with Gasteiger partial charge in [0, 0.05) is 18.9 Å². The van der Waals surface area contributed by atoms with Gasteiger partial charge in [-0.3, -0.25) is 9.59 Å². The number of unbranched alkanes of at least 4 members (excludes halogenated alkanes) is 3. The zero-order valence-corrected chi connectivity index (χ0v) is 20.5. The van der Waals surface area contributed by atoms with Crippen molar-refractivity contribution in [3.05, 3.63) is 12.2 Å². The summed E-state index contributed by atoms with van der Waals surface area (Å²) in [6.07, 6.45) is 2.35. The Kier molecular flexibility index (Phi) is 11.5.